The van der Waals surface area contributed by atoms with E-state index < -0.39 is 0 Å². The lowest BCUT2D eigenvalue weighted by atomic mass is 10.0. The van der Waals surface area contributed by atoms with Crippen LogP contribution in [0.2, 0.25) is 0 Å². The molecule has 2 N–H and O–H groups in total. The number of hydrogen-bond donors (Lipinski definition) is 2. The number of aryl methyl sites for hydroxylation is 3. The monoisotopic (exact) mass is 415 g/mol. The Labute approximate surface area is 173 Å². The van der Waals surface area contributed by atoms with E-state index in [0.717, 1.165) is 33.6 Å². The maximum Gasteiger partial charge on any atom is 0.328 e. The van der Waals surface area contributed by atoms with Crippen LogP contribution in [0.1, 0.15) is 0 Å². The Balaban J connectivity index is 1.83. The number of imidazole rings is 1. The molecule has 0 amide bonds. The molecule has 9 heteroatoms. The highest BCUT2D eigenvalue weighted by Crippen LogP contribution is 2.41. The molecule has 9 nitrogen and oxygen atoms in total. The van der Waals surface area contributed by atoms with Crippen LogP contribution in [0, 0.1) is 0 Å². The number of aromatic amines is 1. The first-order chi connectivity index (χ1) is 14.8. The van der Waals surface area contributed by atoms with Gasteiger partial charge in [-0.3, -0.25) is 18.6 Å². The minimum atomic E-state index is -0.343. The molecule has 6 rings (SSSR count). The Kier molecular flexibility index (Phi) is 3.21. The molecule has 0 atom stereocenters. The van der Waals surface area contributed by atoms with E-state index in [1.807, 2.05) is 31.4 Å². The predicted molar refractivity (Wildman–Crippen MR) is 117 cm³/mol. The molecule has 0 saturated carbocycles. The maximum absolute atomic E-state index is 12.4. The average molecular weight is 415 g/mol. The minimum Gasteiger partial charge on any atom is -0.507 e. The molecule has 154 valence electrons. The Hall–Kier alpha value is -4.27. The van der Waals surface area contributed by atoms with E-state index in [-0.39, 0.29) is 22.5 Å². The normalized spacial score (nSPS) is 12.1. The van der Waals surface area contributed by atoms with Gasteiger partial charge in [-0.15, -0.1) is 0 Å². The number of nitrogens with one attached hydrogen (secondary N) is 1. The third kappa shape index (κ3) is 2.17. The van der Waals surface area contributed by atoms with Gasteiger partial charge < -0.3 is 14.6 Å². The van der Waals surface area contributed by atoms with Gasteiger partial charge in [0.2, 0.25) is 0 Å². The zero-order valence-corrected chi connectivity index (χ0v) is 16.9. The fourth-order valence-electron chi connectivity index (χ4n) is 4.41. The Bertz CT molecular complexity index is 1830. The number of furan rings is 1. The fourth-order valence-corrected chi connectivity index (χ4v) is 4.41. The molecule has 31 heavy (non-hydrogen) atoms. The summed E-state index contributed by atoms with van der Waals surface area (Å²) < 4.78 is 11.0. The Morgan fingerprint density at radius 2 is 1.81 bits per heavy atom. The Morgan fingerprint density at radius 1 is 1.03 bits per heavy atom. The molecule has 0 aliphatic heterocycles. The van der Waals surface area contributed by atoms with E-state index in [1.165, 1.54) is 6.07 Å². The number of phenolic OH excluding ortho intramolecular Hbond substituents is 1. The summed E-state index contributed by atoms with van der Waals surface area (Å²) in [5, 5.41) is 14.8. The molecule has 0 spiro atoms. The number of aromatic hydroxyl groups is 1. The Morgan fingerprint density at radius 3 is 2.61 bits per heavy atom. The van der Waals surface area contributed by atoms with Crippen LogP contribution in [0.25, 0.3) is 55.3 Å². The summed E-state index contributed by atoms with van der Waals surface area (Å²) in [6.45, 7) is 0. The SMILES string of the molecule is Cn1[nH]cc2c(-c3ccc4c(c3)n(C)c(=O)n4C)c3oc4cc(=O)cc(O)c4c3nc21. The molecule has 0 fully saturated rings. The second-order valence-electron chi connectivity index (χ2n) is 7.76. The van der Waals surface area contributed by atoms with Gasteiger partial charge in [0.15, 0.2) is 16.7 Å². The number of H-pyrrole nitrogens is 1. The average Bonchev–Trinajstić information content (AvgIpc) is 3.35. The van der Waals surface area contributed by atoms with Crippen molar-refractivity contribution in [2.24, 2.45) is 21.1 Å². The predicted octanol–water partition coefficient (Wildman–Crippen LogP) is 2.72. The smallest absolute Gasteiger partial charge is 0.328 e. The summed E-state index contributed by atoms with van der Waals surface area (Å²) in [7, 11) is 5.31. The second kappa shape index (κ2) is 5.66. The van der Waals surface area contributed by atoms with Crippen LogP contribution in [-0.2, 0) is 21.1 Å². The summed E-state index contributed by atoms with van der Waals surface area (Å²) >= 11 is 0. The lowest BCUT2D eigenvalue weighted by Gasteiger charge is -2.07. The van der Waals surface area contributed by atoms with Gasteiger partial charge in [-0.05, 0) is 17.7 Å². The first-order valence-corrected chi connectivity index (χ1v) is 9.64. The number of hydrogen-bond acceptors (Lipinski definition) is 5. The number of rotatable bonds is 1. The number of benzene rings is 2. The summed E-state index contributed by atoms with van der Waals surface area (Å²) in [5.41, 5.74) is 4.60. The van der Waals surface area contributed by atoms with Gasteiger partial charge in [0, 0.05) is 50.4 Å². The van der Waals surface area contributed by atoms with E-state index in [2.05, 4.69) is 5.10 Å². The van der Waals surface area contributed by atoms with E-state index in [4.69, 9.17) is 9.40 Å². The molecule has 0 bridgehead atoms. The van der Waals surface area contributed by atoms with Crippen LogP contribution in [0.4, 0.5) is 0 Å². The zero-order valence-electron chi connectivity index (χ0n) is 16.9. The largest absolute Gasteiger partial charge is 0.507 e. The van der Waals surface area contributed by atoms with Crippen LogP contribution in [0.5, 0.6) is 5.75 Å². The third-order valence-corrected chi connectivity index (χ3v) is 5.95. The van der Waals surface area contributed by atoms with Gasteiger partial charge in [0.1, 0.15) is 16.8 Å². The summed E-state index contributed by atoms with van der Waals surface area (Å²) in [6, 6.07) is 8.26. The van der Waals surface area contributed by atoms with Crippen LogP contribution in [-0.4, -0.2) is 29.0 Å². The van der Waals surface area contributed by atoms with Gasteiger partial charge >= 0.3 is 5.69 Å². The van der Waals surface area contributed by atoms with Gasteiger partial charge in [-0.25, -0.2) is 9.78 Å². The molecule has 4 heterocycles. The molecule has 6 aromatic rings. The number of fused-ring (bicyclic) bond motifs is 5. The first kappa shape index (κ1) is 17.6. The number of pyridine rings is 1. The van der Waals surface area contributed by atoms with Crippen molar-refractivity contribution < 1.29 is 9.52 Å². The highest BCUT2D eigenvalue weighted by Gasteiger charge is 2.22. The van der Waals surface area contributed by atoms with Crippen LogP contribution in [0.3, 0.4) is 0 Å². The third-order valence-electron chi connectivity index (χ3n) is 5.95. The molecule has 0 aliphatic rings. The lowest BCUT2D eigenvalue weighted by molar-refractivity contribution is 0.481. The summed E-state index contributed by atoms with van der Waals surface area (Å²) in [5.74, 6) is -0.168. The molecule has 4 aromatic heterocycles. The van der Waals surface area contributed by atoms with Crippen molar-refractivity contribution >= 4 is 44.1 Å². The van der Waals surface area contributed by atoms with Crippen molar-refractivity contribution in [1.82, 2.24) is 23.9 Å². The number of aromatic nitrogens is 5. The van der Waals surface area contributed by atoms with Gasteiger partial charge in [-0.1, -0.05) is 6.07 Å². The highest BCUT2D eigenvalue weighted by molar-refractivity contribution is 6.16. The molecule has 0 aliphatic carbocycles. The molecular formula is C22H17N5O4. The standard InChI is InChI=1S/C22H17N5O4/c1-25-13-5-4-10(6-14(13)26(2)22(25)30)17-12-9-23-27(3)21(12)24-19-18-15(29)7-11(28)8-16(18)31-20(17)19/h4-9,23,29H,1-3H3. The topological polar surface area (TPSA) is 111 Å². The van der Waals surface area contributed by atoms with Gasteiger partial charge in [-0.2, -0.15) is 0 Å². The van der Waals surface area contributed by atoms with E-state index >= 15 is 0 Å². The first-order valence-electron chi connectivity index (χ1n) is 9.64. The van der Waals surface area contributed by atoms with Crippen LogP contribution >= 0.6 is 0 Å². The van der Waals surface area contributed by atoms with Crippen molar-refractivity contribution in [2.75, 3.05) is 0 Å². The van der Waals surface area contributed by atoms with Crippen molar-refractivity contribution in [3.8, 4) is 16.9 Å². The molecule has 0 radical (unpaired) electrons. The van der Waals surface area contributed by atoms with E-state index in [9.17, 15) is 14.7 Å². The lowest BCUT2D eigenvalue weighted by Crippen LogP contribution is -2.19. The maximum atomic E-state index is 12.4. The van der Waals surface area contributed by atoms with Crippen molar-refractivity contribution in [3.63, 3.8) is 0 Å². The van der Waals surface area contributed by atoms with Crippen LogP contribution in [0.15, 0.2) is 50.5 Å². The highest BCUT2D eigenvalue weighted by atomic mass is 16.3. The zero-order chi connectivity index (χ0) is 21.6. The van der Waals surface area contributed by atoms with Crippen molar-refractivity contribution in [1.29, 1.82) is 0 Å². The molecule has 0 unspecified atom stereocenters. The van der Waals surface area contributed by atoms with Gasteiger partial charge in [0.05, 0.1) is 16.4 Å². The molecular weight excluding hydrogens is 398 g/mol. The summed E-state index contributed by atoms with van der Waals surface area (Å²) in [4.78, 5) is 29.0. The molecule has 0 saturated heterocycles. The summed E-state index contributed by atoms with van der Waals surface area (Å²) in [6.07, 6.45) is 1.83. The van der Waals surface area contributed by atoms with Crippen molar-refractivity contribution in [2.45, 2.75) is 0 Å². The van der Waals surface area contributed by atoms with Crippen molar-refractivity contribution in [3.05, 3.63) is 57.2 Å². The second-order valence-corrected chi connectivity index (χ2v) is 7.76. The quantitative estimate of drug-likeness (QED) is 0.429. The minimum absolute atomic E-state index is 0.109. The molecule has 2 aromatic carbocycles. The number of phenols is 1. The van der Waals surface area contributed by atoms with E-state index in [1.54, 1.807) is 27.9 Å². The van der Waals surface area contributed by atoms with Crippen LogP contribution < -0.4 is 11.1 Å². The van der Waals surface area contributed by atoms with E-state index in [0.29, 0.717) is 22.1 Å². The fraction of sp³-hybridized carbons (Fsp3) is 0.136. The number of nitrogens with zero attached hydrogens (tertiary/aromatic N) is 4. The van der Waals surface area contributed by atoms with Gasteiger partial charge in [0.25, 0.3) is 0 Å².